The molecule has 1 amide bonds. The third-order valence-electron chi connectivity index (χ3n) is 6.02. The highest BCUT2D eigenvalue weighted by molar-refractivity contribution is 5.92. The number of pyridine rings is 1. The maximum Gasteiger partial charge on any atom is 0.268 e. The number of rotatable bonds is 4. The molecule has 2 N–H and O–H groups in total. The third kappa shape index (κ3) is 2.53. The lowest BCUT2D eigenvalue weighted by atomic mass is 9.61. The Morgan fingerprint density at radius 2 is 2.12 bits per heavy atom. The number of nitrogens with one attached hydrogen (secondary N) is 2. The van der Waals surface area contributed by atoms with Crippen molar-refractivity contribution in [1.29, 1.82) is 0 Å². The first kappa shape index (κ1) is 15.7. The summed E-state index contributed by atoms with van der Waals surface area (Å²) < 4.78 is 10.9. The van der Waals surface area contributed by atoms with Crippen molar-refractivity contribution < 1.29 is 14.3 Å². The number of carbonyl (C=O) groups is 1. The van der Waals surface area contributed by atoms with E-state index in [0.717, 1.165) is 13.0 Å². The average molecular weight is 332 g/mol. The Balaban J connectivity index is 1.49. The van der Waals surface area contributed by atoms with Gasteiger partial charge in [0.15, 0.2) is 5.75 Å². The van der Waals surface area contributed by atoms with Gasteiger partial charge in [-0.05, 0) is 12.3 Å². The van der Waals surface area contributed by atoms with Crippen molar-refractivity contribution in [2.24, 2.45) is 17.8 Å². The molecule has 2 aliphatic carbocycles. The van der Waals surface area contributed by atoms with Crippen molar-refractivity contribution in [2.75, 3.05) is 13.7 Å². The van der Waals surface area contributed by atoms with Crippen LogP contribution in [0.5, 0.6) is 5.75 Å². The first-order valence-corrected chi connectivity index (χ1v) is 8.88. The van der Waals surface area contributed by atoms with E-state index in [-0.39, 0.29) is 28.8 Å². The molecule has 1 aliphatic heterocycles. The molecule has 3 aliphatic rings. The molecule has 0 unspecified atom stereocenters. The lowest BCUT2D eigenvalue weighted by molar-refractivity contribution is -0.0784. The predicted octanol–water partition coefficient (Wildman–Crippen LogP) is 1.71. The number of aromatic amines is 1. The summed E-state index contributed by atoms with van der Waals surface area (Å²) >= 11 is 0. The van der Waals surface area contributed by atoms with E-state index < -0.39 is 0 Å². The molecule has 3 fully saturated rings. The van der Waals surface area contributed by atoms with Crippen LogP contribution >= 0.6 is 0 Å². The highest BCUT2D eigenvalue weighted by Crippen LogP contribution is 2.51. The molecule has 1 aromatic rings. The molecule has 2 heterocycles. The van der Waals surface area contributed by atoms with Crippen molar-refractivity contribution in [3.63, 3.8) is 0 Å². The molecular formula is C18H24N2O4. The zero-order valence-electron chi connectivity index (χ0n) is 13.9. The maximum absolute atomic E-state index is 12.6. The summed E-state index contributed by atoms with van der Waals surface area (Å²) in [5.74, 6) is 1.50. The molecule has 4 rings (SSSR count). The number of amides is 1. The predicted molar refractivity (Wildman–Crippen MR) is 88.2 cm³/mol. The van der Waals surface area contributed by atoms with E-state index in [0.29, 0.717) is 23.9 Å². The van der Waals surface area contributed by atoms with Crippen molar-refractivity contribution in [1.82, 2.24) is 10.3 Å². The molecule has 24 heavy (non-hydrogen) atoms. The number of hydrogen-bond acceptors (Lipinski definition) is 4. The molecule has 0 aromatic carbocycles. The molecule has 1 aromatic heterocycles. The maximum atomic E-state index is 12.6. The summed E-state index contributed by atoms with van der Waals surface area (Å²) in [6.07, 6.45) is 7.81. The number of aromatic nitrogens is 1. The van der Waals surface area contributed by atoms with Crippen molar-refractivity contribution in [3.05, 3.63) is 28.2 Å². The second-order valence-electron chi connectivity index (χ2n) is 7.19. The van der Waals surface area contributed by atoms with Crippen LogP contribution < -0.4 is 15.5 Å². The Morgan fingerprint density at radius 3 is 2.83 bits per heavy atom. The van der Waals surface area contributed by atoms with Gasteiger partial charge in [-0.1, -0.05) is 25.7 Å². The zero-order chi connectivity index (χ0) is 16.7. The minimum atomic E-state index is -0.288. The minimum absolute atomic E-state index is 0.165. The fraction of sp³-hybridized carbons (Fsp3) is 0.667. The number of fused-ring (bicyclic) bond motifs is 1. The molecule has 0 spiro atoms. The Hall–Kier alpha value is -1.82. The van der Waals surface area contributed by atoms with Crippen molar-refractivity contribution in [3.8, 4) is 5.75 Å². The van der Waals surface area contributed by atoms with Crippen LogP contribution in [0.2, 0.25) is 0 Å². The number of carbonyl (C=O) groups excluding carboxylic acids is 1. The van der Waals surface area contributed by atoms with Gasteiger partial charge in [-0.25, -0.2) is 0 Å². The fourth-order valence-corrected chi connectivity index (χ4v) is 4.84. The monoisotopic (exact) mass is 332 g/mol. The highest BCUT2D eigenvalue weighted by atomic mass is 16.5. The van der Waals surface area contributed by atoms with E-state index in [9.17, 15) is 9.59 Å². The fourth-order valence-electron chi connectivity index (χ4n) is 4.84. The zero-order valence-corrected chi connectivity index (χ0v) is 13.9. The molecule has 4 atom stereocenters. The normalized spacial score (nSPS) is 32.2. The summed E-state index contributed by atoms with van der Waals surface area (Å²) in [5.41, 5.74) is -0.00207. The van der Waals surface area contributed by atoms with Gasteiger partial charge in [0.2, 0.25) is 5.43 Å². The molecule has 130 valence electrons. The minimum Gasteiger partial charge on any atom is -0.491 e. The Morgan fingerprint density at radius 1 is 1.33 bits per heavy atom. The van der Waals surface area contributed by atoms with Crippen molar-refractivity contribution >= 4 is 5.91 Å². The van der Waals surface area contributed by atoms with Gasteiger partial charge in [-0.2, -0.15) is 0 Å². The summed E-state index contributed by atoms with van der Waals surface area (Å²) in [5, 5.41) is 3.17. The van der Waals surface area contributed by atoms with Gasteiger partial charge in [-0.15, -0.1) is 0 Å². The van der Waals surface area contributed by atoms with Crippen LogP contribution in [-0.2, 0) is 4.74 Å². The Bertz CT molecular complexity index is 675. The molecule has 0 radical (unpaired) electrons. The van der Waals surface area contributed by atoms with E-state index >= 15 is 0 Å². The van der Waals surface area contributed by atoms with Crippen LogP contribution in [0.25, 0.3) is 0 Å². The highest BCUT2D eigenvalue weighted by Gasteiger charge is 2.57. The molecule has 2 saturated carbocycles. The molecule has 6 heteroatoms. The Kier molecular flexibility index (Phi) is 4.08. The molecule has 0 bridgehead atoms. The van der Waals surface area contributed by atoms with Gasteiger partial charge >= 0.3 is 0 Å². The topological polar surface area (TPSA) is 80.4 Å². The van der Waals surface area contributed by atoms with Crippen LogP contribution in [0.15, 0.2) is 17.1 Å². The molecule has 6 nitrogen and oxygen atoms in total. The second kappa shape index (κ2) is 6.24. The first-order valence-electron chi connectivity index (χ1n) is 8.88. The van der Waals surface area contributed by atoms with Gasteiger partial charge in [0.1, 0.15) is 5.69 Å². The molecule has 1 saturated heterocycles. The van der Waals surface area contributed by atoms with Crippen LogP contribution in [0.4, 0.5) is 0 Å². The van der Waals surface area contributed by atoms with E-state index in [4.69, 9.17) is 9.47 Å². The first-order chi connectivity index (χ1) is 11.7. The molecular weight excluding hydrogens is 308 g/mol. The van der Waals surface area contributed by atoms with Gasteiger partial charge in [0, 0.05) is 36.7 Å². The van der Waals surface area contributed by atoms with Crippen LogP contribution in [-0.4, -0.2) is 36.8 Å². The summed E-state index contributed by atoms with van der Waals surface area (Å²) in [7, 11) is 1.44. The average Bonchev–Trinajstić information content (AvgIpc) is 3.23. The number of ether oxygens (including phenoxy) is 2. The quantitative estimate of drug-likeness (QED) is 0.879. The summed E-state index contributed by atoms with van der Waals surface area (Å²) in [6, 6.07) is 1.47. The largest absolute Gasteiger partial charge is 0.491 e. The van der Waals surface area contributed by atoms with Gasteiger partial charge in [0.25, 0.3) is 5.91 Å². The lowest BCUT2D eigenvalue weighted by Gasteiger charge is -2.50. The number of methoxy groups -OCH3 is 1. The van der Waals surface area contributed by atoms with Crippen LogP contribution in [0.1, 0.15) is 42.6 Å². The van der Waals surface area contributed by atoms with E-state index in [1.807, 2.05) is 0 Å². The Labute approximate surface area is 140 Å². The number of H-pyrrole nitrogens is 1. The van der Waals surface area contributed by atoms with Gasteiger partial charge in [-0.3, -0.25) is 9.59 Å². The van der Waals surface area contributed by atoms with Crippen molar-refractivity contribution in [2.45, 2.75) is 44.2 Å². The van der Waals surface area contributed by atoms with Gasteiger partial charge < -0.3 is 19.8 Å². The van der Waals surface area contributed by atoms with Gasteiger partial charge in [0.05, 0.1) is 13.2 Å². The van der Waals surface area contributed by atoms with E-state index in [1.54, 1.807) is 0 Å². The van der Waals surface area contributed by atoms with Crippen LogP contribution in [0.3, 0.4) is 0 Å². The van der Waals surface area contributed by atoms with E-state index in [1.165, 1.54) is 45.1 Å². The standard InChI is InChI=1S/C18H24N2O4/c1-23-14-9-19-12(8-13(14)21)18(22)20-16-11-6-7-24-17(11)15(16)10-4-2-3-5-10/h8-11,15-17H,2-7H2,1H3,(H,19,21)(H,20,22)/t11-,15+,16-,17-/m1/s1. The smallest absolute Gasteiger partial charge is 0.268 e. The van der Waals surface area contributed by atoms with Crippen LogP contribution in [0, 0.1) is 17.8 Å². The third-order valence-corrected chi connectivity index (χ3v) is 6.02. The second-order valence-corrected chi connectivity index (χ2v) is 7.19. The summed E-state index contributed by atoms with van der Waals surface area (Å²) in [6.45, 7) is 0.796. The SMILES string of the molecule is COc1c[nH]c(C(=O)N[C@@H]2[C@H]3CCO[C@H]3[C@H]2C2CCCC2)cc1=O. The lowest BCUT2D eigenvalue weighted by Crippen LogP contribution is -2.63. The summed E-state index contributed by atoms with van der Waals surface area (Å²) in [4.78, 5) is 27.3. The van der Waals surface area contributed by atoms with E-state index in [2.05, 4.69) is 10.3 Å². The number of hydrogen-bond donors (Lipinski definition) is 2.